The molecule has 4 rings (SSSR count). The molecule has 1 saturated carbocycles. The number of benzene rings is 1. The SMILES string of the molecule is CN=CC(=C(C)N)c1nnc(NCC2CC23CCN(CCC(C)(C)C)CC3)c2ccccc12. The molecule has 2 fully saturated rings. The number of nitrogens with one attached hydrogen (secondary N) is 1. The summed E-state index contributed by atoms with van der Waals surface area (Å²) in [6, 6.07) is 8.28. The average molecular weight is 449 g/mol. The van der Waals surface area contributed by atoms with Crippen molar-refractivity contribution in [2.45, 2.75) is 53.4 Å². The van der Waals surface area contributed by atoms with E-state index in [0.29, 0.717) is 16.5 Å². The van der Waals surface area contributed by atoms with E-state index in [4.69, 9.17) is 5.73 Å². The minimum Gasteiger partial charge on any atom is -0.402 e. The van der Waals surface area contributed by atoms with Crippen molar-refractivity contribution in [3.05, 3.63) is 35.7 Å². The Hall–Kier alpha value is -2.47. The number of nitrogens with two attached hydrogens (primary N) is 1. The van der Waals surface area contributed by atoms with E-state index in [-0.39, 0.29) is 0 Å². The van der Waals surface area contributed by atoms with Crippen molar-refractivity contribution < 1.29 is 0 Å². The number of anilines is 1. The van der Waals surface area contributed by atoms with Crippen LogP contribution in [0.25, 0.3) is 16.3 Å². The fourth-order valence-corrected chi connectivity index (χ4v) is 5.18. The fraction of sp³-hybridized carbons (Fsp3) is 0.593. The first kappa shape index (κ1) is 23.7. The van der Waals surface area contributed by atoms with Crippen LogP contribution in [-0.4, -0.2) is 54.5 Å². The Balaban J connectivity index is 1.41. The summed E-state index contributed by atoms with van der Waals surface area (Å²) in [5.41, 5.74) is 9.38. The summed E-state index contributed by atoms with van der Waals surface area (Å²) < 4.78 is 0. The Kier molecular flexibility index (Phi) is 6.76. The smallest absolute Gasteiger partial charge is 0.156 e. The van der Waals surface area contributed by atoms with Crippen LogP contribution in [-0.2, 0) is 0 Å². The van der Waals surface area contributed by atoms with Gasteiger partial charge in [-0.3, -0.25) is 4.99 Å². The summed E-state index contributed by atoms with van der Waals surface area (Å²) in [5, 5.41) is 14.9. The molecule has 0 bridgehead atoms. The highest BCUT2D eigenvalue weighted by molar-refractivity contribution is 6.15. The lowest BCUT2D eigenvalue weighted by Crippen LogP contribution is -2.37. The van der Waals surface area contributed by atoms with E-state index in [1.165, 1.54) is 45.3 Å². The number of allylic oxidation sites excluding steroid dienone is 2. The highest BCUT2D eigenvalue weighted by Gasteiger charge is 2.54. The van der Waals surface area contributed by atoms with Crippen LogP contribution in [0.3, 0.4) is 0 Å². The van der Waals surface area contributed by atoms with Crippen molar-refractivity contribution in [1.29, 1.82) is 0 Å². The summed E-state index contributed by atoms with van der Waals surface area (Å²) in [6.07, 6.45) is 7.03. The summed E-state index contributed by atoms with van der Waals surface area (Å²) in [6.45, 7) is 13.6. The van der Waals surface area contributed by atoms with E-state index < -0.39 is 0 Å². The third kappa shape index (κ3) is 5.37. The molecule has 2 aliphatic rings. The summed E-state index contributed by atoms with van der Waals surface area (Å²) >= 11 is 0. The van der Waals surface area contributed by atoms with E-state index in [0.717, 1.165) is 40.3 Å². The zero-order valence-corrected chi connectivity index (χ0v) is 21.0. The molecular weight excluding hydrogens is 408 g/mol. The lowest BCUT2D eigenvalue weighted by atomic mass is 9.88. The molecule has 33 heavy (non-hydrogen) atoms. The molecule has 6 heteroatoms. The van der Waals surface area contributed by atoms with Crippen LogP contribution in [0.4, 0.5) is 5.82 Å². The molecular formula is C27H40N6. The van der Waals surface area contributed by atoms with E-state index in [2.05, 4.69) is 64.4 Å². The molecule has 0 radical (unpaired) electrons. The van der Waals surface area contributed by atoms with Gasteiger partial charge in [0, 0.05) is 41.8 Å². The molecule has 1 aliphatic heterocycles. The lowest BCUT2D eigenvalue weighted by molar-refractivity contribution is 0.147. The van der Waals surface area contributed by atoms with Gasteiger partial charge in [-0.25, -0.2) is 0 Å². The van der Waals surface area contributed by atoms with Crippen molar-refractivity contribution in [2.24, 2.45) is 27.5 Å². The molecule has 1 spiro atoms. The van der Waals surface area contributed by atoms with Gasteiger partial charge >= 0.3 is 0 Å². The maximum atomic E-state index is 6.12. The molecule has 1 aromatic carbocycles. The predicted molar refractivity (Wildman–Crippen MR) is 140 cm³/mol. The summed E-state index contributed by atoms with van der Waals surface area (Å²) in [7, 11) is 1.75. The minimum absolute atomic E-state index is 0.420. The van der Waals surface area contributed by atoms with Crippen molar-refractivity contribution in [3.63, 3.8) is 0 Å². The summed E-state index contributed by atoms with van der Waals surface area (Å²) in [4.78, 5) is 6.83. The molecule has 1 aliphatic carbocycles. The number of piperidine rings is 1. The number of nitrogens with zero attached hydrogens (tertiary/aromatic N) is 4. The molecule has 178 valence electrons. The number of rotatable bonds is 7. The van der Waals surface area contributed by atoms with Gasteiger partial charge in [-0.1, -0.05) is 45.0 Å². The molecule has 1 aromatic heterocycles. The summed E-state index contributed by atoms with van der Waals surface area (Å²) in [5.74, 6) is 1.60. The number of aliphatic imine (C=N–C) groups is 1. The van der Waals surface area contributed by atoms with Gasteiger partial charge in [-0.2, -0.15) is 0 Å². The van der Waals surface area contributed by atoms with E-state index in [1.54, 1.807) is 13.3 Å². The van der Waals surface area contributed by atoms with Crippen LogP contribution < -0.4 is 11.1 Å². The van der Waals surface area contributed by atoms with Crippen molar-refractivity contribution in [1.82, 2.24) is 15.1 Å². The molecule has 3 N–H and O–H groups in total. The highest BCUT2D eigenvalue weighted by atomic mass is 15.2. The number of hydrogen-bond donors (Lipinski definition) is 2. The van der Waals surface area contributed by atoms with Crippen LogP contribution in [0.15, 0.2) is 35.0 Å². The molecule has 1 unspecified atom stereocenters. The van der Waals surface area contributed by atoms with Gasteiger partial charge < -0.3 is 16.0 Å². The molecule has 1 saturated heterocycles. The highest BCUT2D eigenvalue weighted by Crippen LogP contribution is 2.59. The first-order chi connectivity index (χ1) is 15.7. The minimum atomic E-state index is 0.420. The zero-order valence-electron chi connectivity index (χ0n) is 21.0. The zero-order chi connectivity index (χ0) is 23.6. The van der Waals surface area contributed by atoms with Gasteiger partial charge in [0.15, 0.2) is 5.82 Å². The number of hydrogen-bond acceptors (Lipinski definition) is 6. The van der Waals surface area contributed by atoms with Crippen LogP contribution in [0.5, 0.6) is 0 Å². The molecule has 2 heterocycles. The Bertz CT molecular complexity index is 1040. The quantitative estimate of drug-likeness (QED) is 0.585. The van der Waals surface area contributed by atoms with Crippen LogP contribution in [0.1, 0.15) is 59.1 Å². The number of likely N-dealkylation sites (tertiary alicyclic amines) is 1. The van der Waals surface area contributed by atoms with Crippen molar-refractivity contribution in [2.75, 3.05) is 38.5 Å². The second kappa shape index (κ2) is 9.41. The first-order valence-electron chi connectivity index (χ1n) is 12.3. The molecule has 1 atom stereocenters. The van der Waals surface area contributed by atoms with Gasteiger partial charge in [-0.05, 0) is 69.0 Å². The Morgan fingerprint density at radius 1 is 1.21 bits per heavy atom. The molecule has 2 aromatic rings. The molecule has 6 nitrogen and oxygen atoms in total. The lowest BCUT2D eigenvalue weighted by Gasteiger charge is -2.34. The maximum absolute atomic E-state index is 6.12. The molecule has 0 amide bonds. The Morgan fingerprint density at radius 3 is 2.55 bits per heavy atom. The van der Waals surface area contributed by atoms with Crippen molar-refractivity contribution >= 4 is 28.4 Å². The fourth-order valence-electron chi connectivity index (χ4n) is 5.18. The van der Waals surface area contributed by atoms with Crippen LogP contribution >= 0.6 is 0 Å². The third-order valence-electron chi connectivity index (χ3n) is 7.53. The monoisotopic (exact) mass is 448 g/mol. The second-order valence-corrected chi connectivity index (χ2v) is 11.2. The van der Waals surface area contributed by atoms with Gasteiger partial charge in [0.25, 0.3) is 0 Å². The van der Waals surface area contributed by atoms with Crippen molar-refractivity contribution in [3.8, 4) is 0 Å². The largest absolute Gasteiger partial charge is 0.402 e. The number of aromatic nitrogens is 2. The van der Waals surface area contributed by atoms with E-state index >= 15 is 0 Å². The normalized spacial score (nSPS) is 21.5. The Labute approximate surface area is 198 Å². The first-order valence-corrected chi connectivity index (χ1v) is 12.3. The standard InChI is InChI=1S/C27H40N6/c1-19(28)23(18-29-5)24-21-8-6-7-9-22(21)25(32-31-24)30-17-20-16-27(20)11-14-33(15-12-27)13-10-26(2,3)4/h6-9,18,20H,10-17,28H2,1-5H3,(H,30,32). The second-order valence-electron chi connectivity index (χ2n) is 11.2. The maximum Gasteiger partial charge on any atom is 0.156 e. The number of fused-ring (bicyclic) bond motifs is 1. The van der Waals surface area contributed by atoms with E-state index in [1.807, 2.05) is 13.0 Å². The van der Waals surface area contributed by atoms with Gasteiger partial charge in [0.1, 0.15) is 5.69 Å². The Morgan fingerprint density at radius 2 is 1.91 bits per heavy atom. The predicted octanol–water partition coefficient (Wildman–Crippen LogP) is 4.97. The van der Waals surface area contributed by atoms with Gasteiger partial charge in [0.2, 0.25) is 0 Å². The topological polar surface area (TPSA) is 79.4 Å². The average Bonchev–Trinajstić information content (AvgIpc) is 3.46. The van der Waals surface area contributed by atoms with Gasteiger partial charge in [0.05, 0.1) is 0 Å². The van der Waals surface area contributed by atoms with Gasteiger partial charge in [-0.15, -0.1) is 10.2 Å². The third-order valence-corrected chi connectivity index (χ3v) is 7.53. The van der Waals surface area contributed by atoms with E-state index in [9.17, 15) is 0 Å². The van der Waals surface area contributed by atoms with Crippen LogP contribution in [0.2, 0.25) is 0 Å². The van der Waals surface area contributed by atoms with Crippen LogP contribution in [0, 0.1) is 16.7 Å².